The zero-order valence-corrected chi connectivity index (χ0v) is 14.9. The van der Waals surface area contributed by atoms with Gasteiger partial charge in [0.25, 0.3) is 0 Å². The van der Waals surface area contributed by atoms with Crippen LogP contribution in [0.1, 0.15) is 28.9 Å². The average molecular weight is 337 g/mol. The quantitative estimate of drug-likeness (QED) is 0.752. The second-order valence-electron chi connectivity index (χ2n) is 6.34. The molecule has 0 saturated heterocycles. The molecule has 2 aromatic heterocycles. The predicted molar refractivity (Wildman–Crippen MR) is 97.5 cm³/mol. The van der Waals surface area contributed by atoms with E-state index in [9.17, 15) is 4.79 Å². The summed E-state index contributed by atoms with van der Waals surface area (Å²) in [5.74, 6) is 0.513. The molecule has 6 heteroatoms. The van der Waals surface area contributed by atoms with E-state index in [1.54, 1.807) is 0 Å². The number of benzene rings is 1. The van der Waals surface area contributed by atoms with Crippen molar-refractivity contribution in [3.8, 4) is 0 Å². The van der Waals surface area contributed by atoms with Crippen molar-refractivity contribution >= 4 is 11.7 Å². The van der Waals surface area contributed by atoms with Gasteiger partial charge in [-0.2, -0.15) is 10.2 Å². The monoisotopic (exact) mass is 337 g/mol. The van der Waals surface area contributed by atoms with Gasteiger partial charge in [0.05, 0.1) is 12.2 Å². The van der Waals surface area contributed by atoms with Crippen LogP contribution in [0.5, 0.6) is 0 Å². The number of aryl methyl sites for hydroxylation is 4. The van der Waals surface area contributed by atoms with Gasteiger partial charge >= 0.3 is 0 Å². The number of hydrogen-bond donors (Lipinski definition) is 1. The number of carbonyl (C=O) groups excluding carboxylic acids is 1. The smallest absolute Gasteiger partial charge is 0.227 e. The number of anilines is 1. The molecule has 0 bridgehead atoms. The van der Waals surface area contributed by atoms with Crippen molar-refractivity contribution in [3.05, 3.63) is 65.1 Å². The first-order valence-corrected chi connectivity index (χ1v) is 8.39. The Morgan fingerprint density at radius 3 is 2.68 bits per heavy atom. The van der Waals surface area contributed by atoms with Gasteiger partial charge in [0.2, 0.25) is 5.91 Å². The van der Waals surface area contributed by atoms with Crippen LogP contribution in [-0.4, -0.2) is 25.5 Å². The van der Waals surface area contributed by atoms with Gasteiger partial charge in [0, 0.05) is 30.9 Å². The zero-order chi connectivity index (χ0) is 17.8. The molecule has 1 amide bonds. The summed E-state index contributed by atoms with van der Waals surface area (Å²) in [4.78, 5) is 12.1. The van der Waals surface area contributed by atoms with Gasteiger partial charge in [0.15, 0.2) is 5.82 Å². The molecule has 2 heterocycles. The minimum Gasteiger partial charge on any atom is -0.309 e. The molecule has 130 valence electrons. The highest BCUT2D eigenvalue weighted by Gasteiger charge is 2.08. The Morgan fingerprint density at radius 1 is 1.12 bits per heavy atom. The summed E-state index contributed by atoms with van der Waals surface area (Å²) < 4.78 is 3.68. The SMILES string of the molecule is Cc1cccc(Cn2ccc(NC(=O)CCn3nc(C)cc3C)n2)c1. The Kier molecular flexibility index (Phi) is 4.97. The highest BCUT2D eigenvalue weighted by atomic mass is 16.1. The Hall–Kier alpha value is -2.89. The number of aromatic nitrogens is 4. The maximum atomic E-state index is 12.1. The number of nitrogens with one attached hydrogen (secondary N) is 1. The van der Waals surface area contributed by atoms with E-state index < -0.39 is 0 Å². The molecule has 1 N–H and O–H groups in total. The second-order valence-corrected chi connectivity index (χ2v) is 6.34. The summed E-state index contributed by atoms with van der Waals surface area (Å²) in [5, 5.41) is 11.6. The second kappa shape index (κ2) is 7.34. The summed E-state index contributed by atoms with van der Waals surface area (Å²) in [7, 11) is 0. The molecule has 0 aliphatic rings. The Balaban J connectivity index is 1.54. The van der Waals surface area contributed by atoms with E-state index in [0.717, 1.165) is 11.4 Å². The van der Waals surface area contributed by atoms with Gasteiger partial charge in [-0.15, -0.1) is 0 Å². The summed E-state index contributed by atoms with van der Waals surface area (Å²) in [6, 6.07) is 12.1. The van der Waals surface area contributed by atoms with E-state index in [4.69, 9.17) is 0 Å². The van der Waals surface area contributed by atoms with Crippen molar-refractivity contribution in [2.45, 2.75) is 40.3 Å². The minimum atomic E-state index is -0.0617. The largest absolute Gasteiger partial charge is 0.309 e. The summed E-state index contributed by atoms with van der Waals surface area (Å²) in [6.45, 7) is 7.26. The van der Waals surface area contributed by atoms with Gasteiger partial charge in [-0.1, -0.05) is 29.8 Å². The lowest BCUT2D eigenvalue weighted by Gasteiger charge is -2.05. The van der Waals surface area contributed by atoms with E-state index in [1.165, 1.54) is 11.1 Å². The van der Waals surface area contributed by atoms with E-state index >= 15 is 0 Å². The molecular weight excluding hydrogens is 314 g/mol. The third kappa shape index (κ3) is 4.56. The van der Waals surface area contributed by atoms with Crippen molar-refractivity contribution in [1.82, 2.24) is 19.6 Å². The highest BCUT2D eigenvalue weighted by Crippen LogP contribution is 2.09. The van der Waals surface area contributed by atoms with Crippen molar-refractivity contribution in [3.63, 3.8) is 0 Å². The maximum absolute atomic E-state index is 12.1. The molecule has 25 heavy (non-hydrogen) atoms. The molecule has 3 rings (SSSR count). The maximum Gasteiger partial charge on any atom is 0.227 e. The van der Waals surface area contributed by atoms with E-state index in [2.05, 4.69) is 40.6 Å². The van der Waals surface area contributed by atoms with E-state index in [-0.39, 0.29) is 5.91 Å². The van der Waals surface area contributed by atoms with E-state index in [1.807, 2.05) is 47.6 Å². The van der Waals surface area contributed by atoms with Crippen LogP contribution < -0.4 is 5.32 Å². The number of hydrogen-bond acceptors (Lipinski definition) is 3. The fourth-order valence-corrected chi connectivity index (χ4v) is 2.83. The fraction of sp³-hybridized carbons (Fsp3) is 0.316. The van der Waals surface area contributed by atoms with Crippen LogP contribution in [0, 0.1) is 20.8 Å². The molecule has 0 aliphatic carbocycles. The van der Waals surface area contributed by atoms with Crippen LogP contribution in [0.2, 0.25) is 0 Å². The van der Waals surface area contributed by atoms with Gasteiger partial charge in [0.1, 0.15) is 0 Å². The van der Waals surface area contributed by atoms with Gasteiger partial charge in [-0.3, -0.25) is 14.2 Å². The van der Waals surface area contributed by atoms with Crippen LogP contribution in [0.25, 0.3) is 0 Å². The predicted octanol–water partition coefficient (Wildman–Crippen LogP) is 3.08. The van der Waals surface area contributed by atoms with Crippen LogP contribution in [-0.2, 0) is 17.9 Å². The third-order valence-corrected chi connectivity index (χ3v) is 3.99. The van der Waals surface area contributed by atoms with Gasteiger partial charge < -0.3 is 5.32 Å². The number of rotatable bonds is 6. The first-order valence-electron chi connectivity index (χ1n) is 8.39. The zero-order valence-electron chi connectivity index (χ0n) is 14.9. The fourth-order valence-electron chi connectivity index (χ4n) is 2.83. The summed E-state index contributed by atoms with van der Waals surface area (Å²) >= 11 is 0. The van der Waals surface area contributed by atoms with Crippen LogP contribution in [0.3, 0.4) is 0 Å². The Morgan fingerprint density at radius 2 is 1.96 bits per heavy atom. The number of carbonyl (C=O) groups is 1. The molecular formula is C19H23N5O. The third-order valence-electron chi connectivity index (χ3n) is 3.99. The average Bonchev–Trinajstić information content (AvgIpc) is 3.11. The van der Waals surface area contributed by atoms with Crippen LogP contribution in [0.15, 0.2) is 42.6 Å². The lowest BCUT2D eigenvalue weighted by molar-refractivity contribution is -0.116. The normalized spacial score (nSPS) is 10.8. The van der Waals surface area contributed by atoms with Crippen LogP contribution in [0.4, 0.5) is 5.82 Å². The molecule has 0 radical (unpaired) electrons. The van der Waals surface area contributed by atoms with Gasteiger partial charge in [-0.25, -0.2) is 0 Å². The molecule has 6 nitrogen and oxygen atoms in total. The van der Waals surface area contributed by atoms with Crippen molar-refractivity contribution in [2.75, 3.05) is 5.32 Å². The molecule has 3 aromatic rings. The summed E-state index contributed by atoms with van der Waals surface area (Å²) in [6.07, 6.45) is 2.24. The Bertz CT molecular complexity index is 878. The standard InChI is InChI=1S/C19H23N5O/c1-14-5-4-6-17(11-14)13-23-9-7-18(22-23)20-19(25)8-10-24-16(3)12-15(2)21-24/h4-7,9,11-12H,8,10,13H2,1-3H3,(H,20,22,25). The minimum absolute atomic E-state index is 0.0617. The lowest BCUT2D eigenvalue weighted by Crippen LogP contribution is -2.16. The molecule has 0 aliphatic heterocycles. The molecule has 0 atom stereocenters. The van der Waals surface area contributed by atoms with Crippen molar-refractivity contribution < 1.29 is 4.79 Å². The molecule has 0 unspecified atom stereocenters. The molecule has 0 saturated carbocycles. The number of amides is 1. The topological polar surface area (TPSA) is 64.7 Å². The first kappa shape index (κ1) is 17.0. The molecule has 0 spiro atoms. The van der Waals surface area contributed by atoms with Crippen molar-refractivity contribution in [1.29, 1.82) is 0 Å². The Labute approximate surface area is 147 Å². The molecule has 1 aromatic carbocycles. The molecule has 0 fully saturated rings. The van der Waals surface area contributed by atoms with Gasteiger partial charge in [-0.05, 0) is 32.4 Å². The number of nitrogens with zero attached hydrogens (tertiary/aromatic N) is 4. The lowest BCUT2D eigenvalue weighted by atomic mass is 10.1. The van der Waals surface area contributed by atoms with Crippen LogP contribution >= 0.6 is 0 Å². The summed E-state index contributed by atoms with van der Waals surface area (Å²) in [5.41, 5.74) is 4.44. The van der Waals surface area contributed by atoms with Crippen molar-refractivity contribution in [2.24, 2.45) is 0 Å². The van der Waals surface area contributed by atoms with E-state index in [0.29, 0.717) is 25.3 Å². The first-order chi connectivity index (χ1) is 12.0. The highest BCUT2D eigenvalue weighted by molar-refractivity contribution is 5.89.